The van der Waals surface area contributed by atoms with Crippen LogP contribution in [0.5, 0.6) is 5.75 Å². The standard InChI is InChI=1S/C17H18N4O4/c1-4-23-13-7-5-12(6-8-13)18-16(22)19-17-21-20-15(25-17)14-9-10(2)24-11(14)3/h5-9H,4H2,1-3H3,(H2,18,19,21,22). The fourth-order valence-electron chi connectivity index (χ4n) is 2.29. The number of nitrogens with one attached hydrogen (secondary N) is 2. The van der Waals surface area contributed by atoms with Gasteiger partial charge in [0.2, 0.25) is 0 Å². The van der Waals surface area contributed by atoms with Gasteiger partial charge in [-0.05, 0) is 51.1 Å². The van der Waals surface area contributed by atoms with Crippen LogP contribution in [0.2, 0.25) is 0 Å². The van der Waals surface area contributed by atoms with E-state index in [1.807, 2.05) is 13.8 Å². The van der Waals surface area contributed by atoms with Crippen molar-refractivity contribution in [3.8, 4) is 17.2 Å². The maximum atomic E-state index is 12.0. The summed E-state index contributed by atoms with van der Waals surface area (Å²) >= 11 is 0. The molecule has 0 aliphatic carbocycles. The van der Waals surface area contributed by atoms with Crippen LogP contribution in [0, 0.1) is 13.8 Å². The third-order valence-electron chi connectivity index (χ3n) is 3.34. The Morgan fingerprint density at radius 2 is 1.88 bits per heavy atom. The lowest BCUT2D eigenvalue weighted by molar-refractivity contribution is 0.261. The maximum absolute atomic E-state index is 12.0. The van der Waals surface area contributed by atoms with Gasteiger partial charge in [-0.2, -0.15) is 0 Å². The van der Waals surface area contributed by atoms with Crippen LogP contribution in [0.15, 0.2) is 39.2 Å². The van der Waals surface area contributed by atoms with Crippen molar-refractivity contribution in [3.63, 3.8) is 0 Å². The maximum Gasteiger partial charge on any atom is 0.327 e. The van der Waals surface area contributed by atoms with Crippen LogP contribution in [-0.2, 0) is 0 Å². The lowest BCUT2D eigenvalue weighted by atomic mass is 10.2. The van der Waals surface area contributed by atoms with E-state index in [2.05, 4.69) is 20.8 Å². The second-order valence-corrected chi connectivity index (χ2v) is 5.28. The molecule has 0 radical (unpaired) electrons. The zero-order valence-electron chi connectivity index (χ0n) is 14.1. The van der Waals surface area contributed by atoms with E-state index in [0.717, 1.165) is 11.5 Å². The molecule has 0 aliphatic heterocycles. The number of amides is 2. The van der Waals surface area contributed by atoms with E-state index < -0.39 is 6.03 Å². The predicted octanol–water partition coefficient (Wildman–Crippen LogP) is 3.99. The summed E-state index contributed by atoms with van der Waals surface area (Å²) in [4.78, 5) is 12.0. The highest BCUT2D eigenvalue weighted by atomic mass is 16.5. The number of rotatable bonds is 5. The largest absolute Gasteiger partial charge is 0.494 e. The van der Waals surface area contributed by atoms with Crippen LogP contribution in [0.1, 0.15) is 18.4 Å². The van der Waals surface area contributed by atoms with E-state index in [0.29, 0.717) is 23.6 Å². The molecule has 0 atom stereocenters. The van der Waals surface area contributed by atoms with Gasteiger partial charge in [0.15, 0.2) is 0 Å². The number of carbonyl (C=O) groups excluding carboxylic acids is 1. The molecule has 0 aliphatic rings. The number of carbonyl (C=O) groups is 1. The van der Waals surface area contributed by atoms with Gasteiger partial charge in [0.1, 0.15) is 17.3 Å². The predicted molar refractivity (Wildman–Crippen MR) is 91.7 cm³/mol. The van der Waals surface area contributed by atoms with E-state index in [1.165, 1.54) is 0 Å². The van der Waals surface area contributed by atoms with Crippen LogP contribution >= 0.6 is 0 Å². The first-order chi connectivity index (χ1) is 12.0. The SMILES string of the molecule is CCOc1ccc(NC(=O)Nc2nnc(-c3cc(C)oc3C)o2)cc1. The number of nitrogens with zero attached hydrogens (tertiary/aromatic N) is 2. The Bertz CT molecular complexity index is 867. The number of hydrogen-bond donors (Lipinski definition) is 2. The molecular formula is C17H18N4O4. The van der Waals surface area contributed by atoms with Crippen LogP contribution in [0.3, 0.4) is 0 Å². The monoisotopic (exact) mass is 342 g/mol. The first-order valence-electron chi connectivity index (χ1n) is 7.77. The highest BCUT2D eigenvalue weighted by Crippen LogP contribution is 2.26. The van der Waals surface area contributed by atoms with Gasteiger partial charge in [-0.3, -0.25) is 5.32 Å². The Balaban J connectivity index is 1.62. The Labute approximate surface area is 144 Å². The molecule has 1 aromatic carbocycles. The summed E-state index contributed by atoms with van der Waals surface area (Å²) in [5.41, 5.74) is 1.31. The van der Waals surface area contributed by atoms with Crippen LogP contribution in [0.4, 0.5) is 16.5 Å². The average Bonchev–Trinajstić information content (AvgIpc) is 3.15. The van der Waals surface area contributed by atoms with Gasteiger partial charge < -0.3 is 18.9 Å². The summed E-state index contributed by atoms with van der Waals surface area (Å²) in [7, 11) is 0. The highest BCUT2D eigenvalue weighted by molar-refractivity contribution is 5.98. The highest BCUT2D eigenvalue weighted by Gasteiger charge is 2.16. The van der Waals surface area contributed by atoms with E-state index in [4.69, 9.17) is 13.6 Å². The Morgan fingerprint density at radius 3 is 2.52 bits per heavy atom. The molecule has 0 unspecified atom stereocenters. The van der Waals surface area contributed by atoms with Crippen molar-refractivity contribution in [1.82, 2.24) is 10.2 Å². The summed E-state index contributed by atoms with van der Waals surface area (Å²) in [5.74, 6) is 2.44. The summed E-state index contributed by atoms with van der Waals surface area (Å²) in [6.07, 6.45) is 0. The number of anilines is 2. The molecule has 2 heterocycles. The van der Waals surface area contributed by atoms with E-state index in [9.17, 15) is 4.79 Å². The molecule has 8 nitrogen and oxygen atoms in total. The summed E-state index contributed by atoms with van der Waals surface area (Å²) in [6.45, 7) is 6.13. The summed E-state index contributed by atoms with van der Waals surface area (Å²) in [5, 5.41) is 12.9. The molecule has 3 aromatic rings. The van der Waals surface area contributed by atoms with Crippen molar-refractivity contribution in [2.45, 2.75) is 20.8 Å². The number of furan rings is 1. The van der Waals surface area contributed by atoms with Gasteiger partial charge in [0.05, 0.1) is 12.2 Å². The molecule has 0 saturated heterocycles. The second-order valence-electron chi connectivity index (χ2n) is 5.28. The lowest BCUT2D eigenvalue weighted by Crippen LogP contribution is -2.19. The van der Waals surface area contributed by atoms with Crippen molar-refractivity contribution < 1.29 is 18.4 Å². The molecule has 25 heavy (non-hydrogen) atoms. The average molecular weight is 342 g/mol. The number of benzene rings is 1. The van der Waals surface area contributed by atoms with Gasteiger partial charge in [0.25, 0.3) is 5.89 Å². The third kappa shape index (κ3) is 3.97. The topological polar surface area (TPSA) is 102 Å². The van der Waals surface area contributed by atoms with E-state index in [1.54, 1.807) is 37.3 Å². The molecular weight excluding hydrogens is 324 g/mol. The molecule has 3 rings (SSSR count). The minimum absolute atomic E-state index is 0.00307. The smallest absolute Gasteiger partial charge is 0.327 e. The summed E-state index contributed by atoms with van der Waals surface area (Å²) in [6, 6.07) is 8.33. The van der Waals surface area contributed by atoms with E-state index in [-0.39, 0.29) is 11.9 Å². The van der Waals surface area contributed by atoms with Crippen molar-refractivity contribution >= 4 is 17.7 Å². The Hall–Kier alpha value is -3.29. The first-order valence-corrected chi connectivity index (χ1v) is 7.77. The van der Waals surface area contributed by atoms with Gasteiger partial charge in [-0.15, -0.1) is 5.10 Å². The third-order valence-corrected chi connectivity index (χ3v) is 3.34. The van der Waals surface area contributed by atoms with Gasteiger partial charge in [-0.25, -0.2) is 4.79 Å². The van der Waals surface area contributed by atoms with E-state index >= 15 is 0 Å². The summed E-state index contributed by atoms with van der Waals surface area (Å²) < 4.78 is 16.2. The van der Waals surface area contributed by atoms with Crippen LogP contribution in [0.25, 0.3) is 11.5 Å². The molecule has 0 saturated carbocycles. The lowest BCUT2D eigenvalue weighted by Gasteiger charge is -2.06. The molecule has 8 heteroatoms. The molecule has 2 aromatic heterocycles. The number of ether oxygens (including phenoxy) is 1. The Morgan fingerprint density at radius 1 is 1.12 bits per heavy atom. The van der Waals surface area contributed by atoms with Crippen molar-refractivity contribution in [1.29, 1.82) is 0 Å². The first kappa shape index (κ1) is 16.6. The van der Waals surface area contributed by atoms with Gasteiger partial charge in [0, 0.05) is 5.69 Å². The fraction of sp³-hybridized carbons (Fsp3) is 0.235. The minimum atomic E-state index is -0.487. The van der Waals surface area contributed by atoms with Crippen LogP contribution in [-0.4, -0.2) is 22.8 Å². The molecule has 2 amide bonds. The number of urea groups is 1. The zero-order valence-corrected chi connectivity index (χ0v) is 14.1. The molecule has 0 spiro atoms. The molecule has 0 fully saturated rings. The minimum Gasteiger partial charge on any atom is -0.494 e. The van der Waals surface area contributed by atoms with Crippen LogP contribution < -0.4 is 15.4 Å². The Kier molecular flexibility index (Phi) is 4.69. The van der Waals surface area contributed by atoms with Crippen molar-refractivity contribution in [3.05, 3.63) is 41.9 Å². The van der Waals surface area contributed by atoms with Crippen molar-refractivity contribution in [2.24, 2.45) is 0 Å². The number of aromatic nitrogens is 2. The normalized spacial score (nSPS) is 10.5. The molecule has 0 bridgehead atoms. The molecule has 2 N–H and O–H groups in total. The van der Waals surface area contributed by atoms with Gasteiger partial charge >= 0.3 is 12.0 Å². The number of aryl methyl sites for hydroxylation is 2. The zero-order chi connectivity index (χ0) is 17.8. The second kappa shape index (κ2) is 7.08. The number of hydrogen-bond acceptors (Lipinski definition) is 6. The quantitative estimate of drug-likeness (QED) is 0.727. The molecule has 130 valence electrons. The van der Waals surface area contributed by atoms with Crippen molar-refractivity contribution in [2.75, 3.05) is 17.2 Å². The van der Waals surface area contributed by atoms with Gasteiger partial charge in [-0.1, -0.05) is 5.10 Å². The fourth-order valence-corrected chi connectivity index (χ4v) is 2.29.